The van der Waals surface area contributed by atoms with E-state index in [2.05, 4.69) is 0 Å². The fourth-order valence-electron chi connectivity index (χ4n) is 1.67. The molecule has 6 heteroatoms. The quantitative estimate of drug-likeness (QED) is 0.800. The highest BCUT2D eigenvalue weighted by atomic mass is 35.7. The van der Waals surface area contributed by atoms with E-state index >= 15 is 0 Å². The van der Waals surface area contributed by atoms with Crippen LogP contribution in [0.25, 0.3) is 0 Å². The number of benzene rings is 1. The molecule has 0 aliphatic rings. The molecule has 18 heavy (non-hydrogen) atoms. The topological polar surface area (TPSA) is 54.5 Å². The normalized spacial score (nSPS) is 11.3. The number of hydrogen-bond donors (Lipinski definition) is 0. The lowest BCUT2D eigenvalue weighted by Crippen LogP contribution is -2.27. The molecule has 0 spiro atoms. The zero-order valence-electron chi connectivity index (χ0n) is 10.6. The second-order valence-electron chi connectivity index (χ2n) is 4.20. The first-order valence-corrected chi connectivity index (χ1v) is 7.88. The summed E-state index contributed by atoms with van der Waals surface area (Å²) in [5.74, 6) is -0.206. The van der Waals surface area contributed by atoms with Crippen LogP contribution in [-0.2, 0) is 9.05 Å². The predicted octanol–water partition coefficient (Wildman–Crippen LogP) is 2.40. The summed E-state index contributed by atoms with van der Waals surface area (Å²) in [6.45, 7) is 4.31. The van der Waals surface area contributed by atoms with Crippen LogP contribution in [0.2, 0.25) is 0 Å². The van der Waals surface area contributed by atoms with Gasteiger partial charge in [0.25, 0.3) is 15.0 Å². The van der Waals surface area contributed by atoms with Gasteiger partial charge in [-0.05, 0) is 37.1 Å². The molecule has 1 amide bonds. The first-order valence-electron chi connectivity index (χ1n) is 5.57. The zero-order valence-corrected chi connectivity index (χ0v) is 12.2. The van der Waals surface area contributed by atoms with Gasteiger partial charge in [-0.3, -0.25) is 4.79 Å². The Morgan fingerprint density at radius 2 is 1.94 bits per heavy atom. The molecular formula is C12H16ClNO3S. The summed E-state index contributed by atoms with van der Waals surface area (Å²) in [5.41, 5.74) is 1.02. The molecule has 0 fully saturated rings. The third-order valence-electron chi connectivity index (χ3n) is 2.49. The fraction of sp³-hybridized carbons (Fsp3) is 0.417. The Morgan fingerprint density at radius 3 is 2.44 bits per heavy atom. The summed E-state index contributed by atoms with van der Waals surface area (Å²) in [4.78, 5) is 13.6. The van der Waals surface area contributed by atoms with Crippen LogP contribution in [-0.4, -0.2) is 32.8 Å². The molecule has 0 unspecified atom stereocenters. The third kappa shape index (κ3) is 3.71. The molecule has 100 valence electrons. The molecule has 1 rings (SSSR count). The number of nitrogens with zero attached hydrogens (tertiary/aromatic N) is 1. The molecule has 1 aromatic rings. The lowest BCUT2D eigenvalue weighted by Gasteiger charge is -2.16. The van der Waals surface area contributed by atoms with Gasteiger partial charge in [-0.2, -0.15) is 0 Å². The van der Waals surface area contributed by atoms with Gasteiger partial charge in [-0.1, -0.05) is 6.92 Å². The van der Waals surface area contributed by atoms with Gasteiger partial charge < -0.3 is 4.90 Å². The van der Waals surface area contributed by atoms with Crippen molar-refractivity contribution in [1.29, 1.82) is 0 Å². The molecule has 4 nitrogen and oxygen atoms in total. The van der Waals surface area contributed by atoms with Crippen LogP contribution < -0.4 is 0 Å². The monoisotopic (exact) mass is 289 g/mol. The molecule has 0 aromatic heterocycles. The van der Waals surface area contributed by atoms with Gasteiger partial charge in [0, 0.05) is 29.8 Å². The maximum absolute atomic E-state index is 12.1. The molecule has 0 aliphatic heterocycles. The number of halogens is 1. The van der Waals surface area contributed by atoms with Crippen molar-refractivity contribution < 1.29 is 13.2 Å². The van der Waals surface area contributed by atoms with Crippen LogP contribution in [0.4, 0.5) is 0 Å². The second-order valence-corrected chi connectivity index (χ2v) is 6.77. The Bertz CT molecular complexity index is 554. The smallest absolute Gasteiger partial charge is 0.261 e. The van der Waals surface area contributed by atoms with E-state index in [0.717, 1.165) is 6.42 Å². The summed E-state index contributed by atoms with van der Waals surface area (Å²) in [5, 5.41) is 0. The lowest BCUT2D eigenvalue weighted by molar-refractivity contribution is 0.0795. The van der Waals surface area contributed by atoms with Crippen LogP contribution >= 0.6 is 10.7 Å². The van der Waals surface area contributed by atoms with Crippen LogP contribution in [0.3, 0.4) is 0 Å². The molecule has 0 saturated heterocycles. The Morgan fingerprint density at radius 1 is 1.33 bits per heavy atom. The fourth-order valence-corrected chi connectivity index (χ4v) is 2.53. The molecule has 0 atom stereocenters. The minimum absolute atomic E-state index is 0.0441. The lowest BCUT2D eigenvalue weighted by atomic mass is 10.1. The third-order valence-corrected chi connectivity index (χ3v) is 3.82. The van der Waals surface area contributed by atoms with Gasteiger partial charge >= 0.3 is 0 Å². The molecule has 0 heterocycles. The first-order chi connectivity index (χ1) is 8.25. The van der Waals surface area contributed by atoms with Gasteiger partial charge in [-0.25, -0.2) is 8.42 Å². The summed E-state index contributed by atoms with van der Waals surface area (Å²) in [7, 11) is 3.16. The molecular weight excluding hydrogens is 274 g/mol. The minimum atomic E-state index is -3.82. The highest BCUT2D eigenvalue weighted by Crippen LogP contribution is 2.19. The number of amides is 1. The average Bonchev–Trinajstić information content (AvgIpc) is 2.26. The Labute approximate surface area is 112 Å². The van der Waals surface area contributed by atoms with E-state index in [1.165, 1.54) is 12.1 Å². The van der Waals surface area contributed by atoms with Crippen molar-refractivity contribution in [1.82, 2.24) is 4.90 Å². The summed E-state index contributed by atoms with van der Waals surface area (Å²) < 4.78 is 22.6. The average molecular weight is 290 g/mol. The van der Waals surface area contributed by atoms with Gasteiger partial charge in [0.1, 0.15) is 0 Å². The van der Waals surface area contributed by atoms with Crippen molar-refractivity contribution in [2.24, 2.45) is 0 Å². The number of carbonyl (C=O) groups excluding carboxylic acids is 1. The largest absolute Gasteiger partial charge is 0.342 e. The SMILES string of the molecule is CCCN(C)C(=O)c1cc(C)cc(S(=O)(=O)Cl)c1. The van der Waals surface area contributed by atoms with Gasteiger partial charge in [0.05, 0.1) is 4.90 Å². The number of aryl methyl sites for hydroxylation is 1. The summed E-state index contributed by atoms with van der Waals surface area (Å²) >= 11 is 0. The van der Waals surface area contributed by atoms with Crippen LogP contribution in [0.15, 0.2) is 23.1 Å². The molecule has 0 N–H and O–H groups in total. The molecule has 0 radical (unpaired) electrons. The molecule has 0 aliphatic carbocycles. The zero-order chi connectivity index (χ0) is 13.9. The Kier molecular flexibility index (Phi) is 4.76. The van der Waals surface area contributed by atoms with Gasteiger partial charge in [0.2, 0.25) is 0 Å². The van der Waals surface area contributed by atoms with Crippen molar-refractivity contribution in [3.05, 3.63) is 29.3 Å². The highest BCUT2D eigenvalue weighted by molar-refractivity contribution is 8.13. The van der Waals surface area contributed by atoms with E-state index < -0.39 is 9.05 Å². The van der Waals surface area contributed by atoms with E-state index in [0.29, 0.717) is 17.7 Å². The molecule has 0 bridgehead atoms. The van der Waals surface area contributed by atoms with Crippen molar-refractivity contribution in [2.75, 3.05) is 13.6 Å². The number of hydrogen-bond acceptors (Lipinski definition) is 3. The van der Waals surface area contributed by atoms with E-state index in [1.807, 2.05) is 6.92 Å². The van der Waals surface area contributed by atoms with E-state index in [1.54, 1.807) is 24.9 Å². The number of rotatable bonds is 4. The summed E-state index contributed by atoms with van der Waals surface area (Å²) in [6.07, 6.45) is 0.842. The second kappa shape index (κ2) is 5.71. The van der Waals surface area contributed by atoms with Gasteiger partial charge in [0.15, 0.2) is 0 Å². The van der Waals surface area contributed by atoms with E-state index in [-0.39, 0.29) is 10.8 Å². The minimum Gasteiger partial charge on any atom is -0.342 e. The molecule has 1 aromatic carbocycles. The van der Waals surface area contributed by atoms with E-state index in [9.17, 15) is 13.2 Å². The van der Waals surface area contributed by atoms with Crippen molar-refractivity contribution in [3.63, 3.8) is 0 Å². The number of carbonyl (C=O) groups is 1. The van der Waals surface area contributed by atoms with Crippen molar-refractivity contribution in [2.45, 2.75) is 25.2 Å². The van der Waals surface area contributed by atoms with Crippen LogP contribution in [0.5, 0.6) is 0 Å². The van der Waals surface area contributed by atoms with Crippen LogP contribution in [0, 0.1) is 6.92 Å². The Hall–Kier alpha value is -1.07. The maximum atomic E-state index is 12.1. The summed E-state index contributed by atoms with van der Waals surface area (Å²) in [6, 6.07) is 4.41. The standard InChI is InChI=1S/C12H16ClNO3S/c1-4-5-14(3)12(15)10-6-9(2)7-11(8-10)18(13,16)17/h6-8H,4-5H2,1-3H3. The van der Waals surface area contributed by atoms with Crippen molar-refractivity contribution >= 4 is 25.6 Å². The van der Waals surface area contributed by atoms with Crippen LogP contribution in [0.1, 0.15) is 29.3 Å². The van der Waals surface area contributed by atoms with Gasteiger partial charge in [-0.15, -0.1) is 0 Å². The van der Waals surface area contributed by atoms with Crippen molar-refractivity contribution in [3.8, 4) is 0 Å². The highest BCUT2D eigenvalue weighted by Gasteiger charge is 2.16. The van der Waals surface area contributed by atoms with E-state index in [4.69, 9.17) is 10.7 Å². The first kappa shape index (κ1) is 15.0. The predicted molar refractivity (Wildman–Crippen MR) is 71.5 cm³/mol. The molecule has 0 saturated carbocycles. The Balaban J connectivity index is 3.19. The maximum Gasteiger partial charge on any atom is 0.261 e.